The maximum Gasteiger partial charge on any atom is 0.224 e. The number of carbonyl (C=O) groups is 1. The number of carbonyl (C=O) groups excluding carboxylic acids is 1. The Labute approximate surface area is 196 Å². The first kappa shape index (κ1) is 24.2. The summed E-state index contributed by atoms with van der Waals surface area (Å²) in [5.74, 6) is 1.54. The number of nitrogens with zero attached hydrogens (tertiary/aromatic N) is 4. The van der Waals surface area contributed by atoms with Crippen molar-refractivity contribution in [2.24, 2.45) is 10.9 Å². The van der Waals surface area contributed by atoms with E-state index in [1.54, 1.807) is 13.2 Å². The molecule has 7 nitrogen and oxygen atoms in total. The molecule has 1 aromatic carbocycles. The van der Waals surface area contributed by atoms with E-state index in [0.717, 1.165) is 26.1 Å². The van der Waals surface area contributed by atoms with E-state index in [1.807, 2.05) is 34.0 Å². The van der Waals surface area contributed by atoms with Gasteiger partial charge in [0.15, 0.2) is 5.96 Å². The number of hydrogen-bond donors (Lipinski definition) is 2. The summed E-state index contributed by atoms with van der Waals surface area (Å²) in [7, 11) is 1.75. The van der Waals surface area contributed by atoms with Crippen LogP contribution in [0.5, 0.6) is 0 Å². The van der Waals surface area contributed by atoms with Gasteiger partial charge in [-0.1, -0.05) is 31.2 Å². The van der Waals surface area contributed by atoms with Crippen LogP contribution in [0.15, 0.2) is 47.7 Å². The van der Waals surface area contributed by atoms with Crippen molar-refractivity contribution in [3.8, 4) is 0 Å². The molecule has 3 rings (SSSR count). The van der Waals surface area contributed by atoms with Crippen LogP contribution in [-0.2, 0) is 17.9 Å². The molecule has 2 aromatic rings. The first-order chi connectivity index (χ1) is 14.2. The lowest BCUT2D eigenvalue weighted by atomic mass is 10.00. The highest BCUT2D eigenvalue weighted by Crippen LogP contribution is 2.16. The zero-order valence-corrected chi connectivity index (χ0v) is 20.2. The Morgan fingerprint density at radius 1 is 1.23 bits per heavy atom. The summed E-state index contributed by atoms with van der Waals surface area (Å²) in [6.45, 7) is 5.97. The van der Waals surface area contributed by atoms with Crippen LogP contribution in [0.25, 0.3) is 0 Å². The second kappa shape index (κ2) is 12.6. The van der Waals surface area contributed by atoms with E-state index < -0.39 is 0 Å². The maximum atomic E-state index is 12.4. The largest absolute Gasteiger partial charge is 0.356 e. The summed E-state index contributed by atoms with van der Waals surface area (Å²) in [6.07, 6.45) is 6.58. The predicted molar refractivity (Wildman–Crippen MR) is 131 cm³/mol. The molecular formula is C22H33IN6O. The minimum Gasteiger partial charge on any atom is -0.356 e. The first-order valence-electron chi connectivity index (χ1n) is 10.4. The number of likely N-dealkylation sites (tertiary alicyclic amines) is 1. The van der Waals surface area contributed by atoms with E-state index in [-0.39, 0.29) is 29.9 Å². The molecule has 0 bridgehead atoms. The molecule has 8 heteroatoms. The lowest BCUT2D eigenvalue weighted by Gasteiger charge is -2.31. The lowest BCUT2D eigenvalue weighted by Crippen LogP contribution is -2.42. The average Bonchev–Trinajstić information content (AvgIpc) is 3.24. The van der Waals surface area contributed by atoms with Crippen molar-refractivity contribution in [1.29, 1.82) is 0 Å². The Kier molecular flexibility index (Phi) is 10.1. The van der Waals surface area contributed by atoms with E-state index in [4.69, 9.17) is 0 Å². The molecule has 1 unspecified atom stereocenters. The summed E-state index contributed by atoms with van der Waals surface area (Å²) in [5, 5.41) is 10.9. The first-order valence-corrected chi connectivity index (χ1v) is 10.4. The number of hydrogen-bond acceptors (Lipinski definition) is 3. The Balaban J connectivity index is 0.00000320. The number of aliphatic imine (C=N–C) groups is 1. The van der Waals surface area contributed by atoms with E-state index >= 15 is 0 Å². The normalized spacial score (nSPS) is 16.7. The number of nitrogens with one attached hydrogen (secondary N) is 2. The van der Waals surface area contributed by atoms with Crippen LogP contribution in [0.3, 0.4) is 0 Å². The van der Waals surface area contributed by atoms with Gasteiger partial charge in [-0.05, 0) is 36.0 Å². The second-order valence-electron chi connectivity index (χ2n) is 7.66. The molecule has 2 heterocycles. The van der Waals surface area contributed by atoms with Gasteiger partial charge >= 0.3 is 0 Å². The smallest absolute Gasteiger partial charge is 0.224 e. The quantitative estimate of drug-likeness (QED) is 0.332. The standard InChI is InChI=1S/C22H32N6O.HI/c1-18-7-5-13-27(16-18)21(29)10-12-24-22(23-2)25-15-19-8-3-4-9-20(19)17-28-14-6-11-26-28;/h3-4,6,8-9,11,14,18H,5,7,10,12-13,15-17H2,1-2H3,(H2,23,24,25);1H. The molecule has 1 saturated heterocycles. The summed E-state index contributed by atoms with van der Waals surface area (Å²) >= 11 is 0. The van der Waals surface area contributed by atoms with E-state index in [1.165, 1.54) is 17.5 Å². The van der Waals surface area contributed by atoms with Gasteiger partial charge in [0, 0.05) is 52.0 Å². The number of halogens is 1. The minimum absolute atomic E-state index is 0. The summed E-state index contributed by atoms with van der Waals surface area (Å²) in [4.78, 5) is 18.7. The van der Waals surface area contributed by atoms with Crippen molar-refractivity contribution < 1.29 is 4.79 Å². The van der Waals surface area contributed by atoms with Crippen molar-refractivity contribution in [2.45, 2.75) is 39.3 Å². The Hall–Kier alpha value is -2.10. The average molecular weight is 524 g/mol. The molecule has 30 heavy (non-hydrogen) atoms. The van der Waals surface area contributed by atoms with Crippen molar-refractivity contribution in [1.82, 2.24) is 25.3 Å². The molecule has 164 valence electrons. The number of aromatic nitrogens is 2. The highest BCUT2D eigenvalue weighted by Gasteiger charge is 2.20. The lowest BCUT2D eigenvalue weighted by molar-refractivity contribution is -0.132. The topological polar surface area (TPSA) is 74.6 Å². The molecule has 0 spiro atoms. The number of guanidine groups is 1. The van der Waals surface area contributed by atoms with Gasteiger partial charge in [0.25, 0.3) is 0 Å². The summed E-state index contributed by atoms with van der Waals surface area (Å²) in [5.41, 5.74) is 2.41. The van der Waals surface area contributed by atoms with Gasteiger partial charge in [0.05, 0.1) is 6.54 Å². The fourth-order valence-electron chi connectivity index (χ4n) is 3.71. The van der Waals surface area contributed by atoms with Crippen molar-refractivity contribution in [2.75, 3.05) is 26.7 Å². The third-order valence-electron chi connectivity index (χ3n) is 5.32. The van der Waals surface area contributed by atoms with Gasteiger partial charge in [0.1, 0.15) is 0 Å². The molecule has 1 fully saturated rings. The van der Waals surface area contributed by atoms with Crippen molar-refractivity contribution in [3.63, 3.8) is 0 Å². The Morgan fingerprint density at radius 3 is 2.73 bits per heavy atom. The van der Waals surface area contributed by atoms with Crippen LogP contribution < -0.4 is 10.6 Å². The molecule has 1 aliphatic heterocycles. The molecule has 1 aliphatic rings. The second-order valence-corrected chi connectivity index (χ2v) is 7.66. The minimum atomic E-state index is 0. The number of piperidine rings is 1. The Bertz CT molecular complexity index is 808. The predicted octanol–water partition coefficient (Wildman–Crippen LogP) is 2.86. The molecule has 0 saturated carbocycles. The number of benzene rings is 1. The van der Waals surface area contributed by atoms with Crippen molar-refractivity contribution >= 4 is 35.8 Å². The van der Waals surface area contributed by atoms with Gasteiger partial charge < -0.3 is 15.5 Å². The molecule has 0 aliphatic carbocycles. The van der Waals surface area contributed by atoms with Crippen molar-refractivity contribution in [3.05, 3.63) is 53.9 Å². The summed E-state index contributed by atoms with van der Waals surface area (Å²) in [6, 6.07) is 10.2. The van der Waals surface area contributed by atoms with Crippen LogP contribution in [0, 0.1) is 5.92 Å². The molecule has 1 amide bonds. The van der Waals surface area contributed by atoms with Gasteiger partial charge in [-0.3, -0.25) is 14.5 Å². The fourth-order valence-corrected chi connectivity index (χ4v) is 3.71. The Morgan fingerprint density at radius 2 is 2.03 bits per heavy atom. The molecular weight excluding hydrogens is 491 g/mol. The van der Waals surface area contributed by atoms with E-state index in [9.17, 15) is 4.79 Å². The SMILES string of the molecule is CN=C(NCCC(=O)N1CCCC(C)C1)NCc1ccccc1Cn1cccn1.I. The third kappa shape index (κ3) is 7.30. The van der Waals surface area contributed by atoms with E-state index in [0.29, 0.717) is 31.4 Å². The zero-order chi connectivity index (χ0) is 20.5. The van der Waals surface area contributed by atoms with Crippen LogP contribution >= 0.6 is 24.0 Å². The summed E-state index contributed by atoms with van der Waals surface area (Å²) < 4.78 is 1.92. The highest BCUT2D eigenvalue weighted by atomic mass is 127. The monoisotopic (exact) mass is 524 g/mol. The highest BCUT2D eigenvalue weighted by molar-refractivity contribution is 14.0. The molecule has 0 radical (unpaired) electrons. The van der Waals surface area contributed by atoms with Crippen LogP contribution in [0.4, 0.5) is 0 Å². The van der Waals surface area contributed by atoms with Gasteiger partial charge in [-0.25, -0.2) is 0 Å². The van der Waals surface area contributed by atoms with Crippen LogP contribution in [-0.4, -0.2) is 53.2 Å². The molecule has 1 atom stereocenters. The third-order valence-corrected chi connectivity index (χ3v) is 5.32. The van der Waals surface area contributed by atoms with Gasteiger partial charge in [-0.2, -0.15) is 5.10 Å². The fraction of sp³-hybridized carbons (Fsp3) is 0.500. The molecule has 1 aromatic heterocycles. The van der Waals surface area contributed by atoms with Gasteiger partial charge in [-0.15, -0.1) is 24.0 Å². The van der Waals surface area contributed by atoms with E-state index in [2.05, 4.69) is 39.8 Å². The van der Waals surface area contributed by atoms with Crippen LogP contribution in [0.1, 0.15) is 37.3 Å². The van der Waals surface area contributed by atoms with Crippen LogP contribution in [0.2, 0.25) is 0 Å². The zero-order valence-electron chi connectivity index (χ0n) is 17.9. The maximum absolute atomic E-state index is 12.4. The number of rotatable bonds is 7. The number of amides is 1. The molecule has 2 N–H and O–H groups in total. The van der Waals surface area contributed by atoms with Gasteiger partial charge in [0.2, 0.25) is 5.91 Å².